The normalized spacial score (nSPS) is 17.4. The maximum atomic E-state index is 10.3. The van der Waals surface area contributed by atoms with Crippen LogP contribution < -0.4 is 5.32 Å². The largest absolute Gasteiger partial charge is 0.389 e. The number of rotatable bonds is 5. The van der Waals surface area contributed by atoms with Crippen molar-refractivity contribution in [1.29, 1.82) is 0 Å². The van der Waals surface area contributed by atoms with Gasteiger partial charge in [0, 0.05) is 6.54 Å². The topological polar surface area (TPSA) is 75.9 Å². The summed E-state index contributed by atoms with van der Waals surface area (Å²) in [7, 11) is 0. The van der Waals surface area contributed by atoms with Crippen LogP contribution in [-0.2, 0) is 6.54 Å². The lowest BCUT2D eigenvalue weighted by Crippen LogP contribution is -2.38. The number of benzene rings is 1. The van der Waals surface area contributed by atoms with E-state index in [4.69, 9.17) is 0 Å². The molecule has 0 bridgehead atoms. The van der Waals surface area contributed by atoms with E-state index in [2.05, 4.69) is 20.8 Å². The van der Waals surface area contributed by atoms with Crippen molar-refractivity contribution in [2.24, 2.45) is 0 Å². The Morgan fingerprint density at radius 2 is 1.95 bits per heavy atom. The summed E-state index contributed by atoms with van der Waals surface area (Å²) in [6, 6.07) is 9.79. The molecule has 1 aromatic carbocycles. The molecular formula is C14H19N5O. The number of tetrazole rings is 1. The Bertz CT molecular complexity index is 548. The third-order valence-corrected chi connectivity index (χ3v) is 3.81. The van der Waals surface area contributed by atoms with Crippen LogP contribution in [0, 0.1) is 0 Å². The molecule has 3 rings (SSSR count). The number of aliphatic hydroxyl groups is 1. The smallest absolute Gasteiger partial charge is 0.170 e. The Hall–Kier alpha value is -1.79. The predicted octanol–water partition coefficient (Wildman–Crippen LogP) is 1.06. The number of nitrogens with zero attached hydrogens (tertiary/aromatic N) is 4. The first-order chi connectivity index (χ1) is 9.77. The van der Waals surface area contributed by atoms with Crippen molar-refractivity contribution < 1.29 is 5.11 Å². The Balaban J connectivity index is 1.63. The van der Waals surface area contributed by atoms with Crippen LogP contribution in [0.5, 0.6) is 0 Å². The molecular weight excluding hydrogens is 254 g/mol. The van der Waals surface area contributed by atoms with Gasteiger partial charge in [0.1, 0.15) is 0 Å². The first-order valence-electron chi connectivity index (χ1n) is 7.03. The molecule has 6 nitrogen and oxygen atoms in total. The summed E-state index contributed by atoms with van der Waals surface area (Å²) in [5, 5.41) is 25.3. The molecule has 0 unspecified atom stereocenters. The lowest BCUT2D eigenvalue weighted by molar-refractivity contribution is 0.0473. The van der Waals surface area contributed by atoms with E-state index in [1.165, 1.54) is 0 Å². The average molecular weight is 273 g/mol. The molecule has 106 valence electrons. The summed E-state index contributed by atoms with van der Waals surface area (Å²) in [6.45, 7) is 1.14. The molecule has 20 heavy (non-hydrogen) atoms. The van der Waals surface area contributed by atoms with Crippen LogP contribution in [-0.4, -0.2) is 37.5 Å². The van der Waals surface area contributed by atoms with Crippen LogP contribution in [0.1, 0.15) is 31.5 Å². The van der Waals surface area contributed by atoms with Gasteiger partial charge in [0.2, 0.25) is 0 Å². The number of para-hydroxylation sites is 1. The van der Waals surface area contributed by atoms with E-state index >= 15 is 0 Å². The lowest BCUT2D eigenvalue weighted by Gasteiger charge is -2.22. The van der Waals surface area contributed by atoms with Crippen molar-refractivity contribution >= 4 is 0 Å². The van der Waals surface area contributed by atoms with Crippen LogP contribution in [0.25, 0.3) is 5.69 Å². The van der Waals surface area contributed by atoms with Gasteiger partial charge in [-0.3, -0.25) is 0 Å². The van der Waals surface area contributed by atoms with Gasteiger partial charge < -0.3 is 10.4 Å². The molecule has 2 aromatic rings. The highest BCUT2D eigenvalue weighted by Gasteiger charge is 2.30. The first kappa shape index (κ1) is 13.2. The molecule has 0 atom stereocenters. The van der Waals surface area contributed by atoms with Gasteiger partial charge in [0.05, 0.1) is 17.8 Å². The van der Waals surface area contributed by atoms with Gasteiger partial charge in [-0.2, -0.15) is 4.68 Å². The molecule has 6 heteroatoms. The SMILES string of the molecule is OC1(CNCc2nnnn2-c2ccccc2)CCCC1. The minimum Gasteiger partial charge on any atom is -0.389 e. The molecule has 1 aliphatic rings. The Morgan fingerprint density at radius 1 is 1.20 bits per heavy atom. The first-order valence-corrected chi connectivity index (χ1v) is 7.03. The minimum atomic E-state index is -0.551. The highest BCUT2D eigenvalue weighted by Crippen LogP contribution is 2.28. The second-order valence-electron chi connectivity index (χ2n) is 5.38. The van der Waals surface area contributed by atoms with Crippen molar-refractivity contribution in [3.05, 3.63) is 36.2 Å². The third-order valence-electron chi connectivity index (χ3n) is 3.81. The molecule has 1 fully saturated rings. The molecule has 0 aliphatic heterocycles. The zero-order valence-electron chi connectivity index (χ0n) is 11.4. The van der Waals surface area contributed by atoms with Gasteiger partial charge in [-0.1, -0.05) is 31.0 Å². The van der Waals surface area contributed by atoms with E-state index in [0.29, 0.717) is 13.1 Å². The van der Waals surface area contributed by atoms with Crippen molar-refractivity contribution in [2.75, 3.05) is 6.54 Å². The Morgan fingerprint density at radius 3 is 2.70 bits per heavy atom. The van der Waals surface area contributed by atoms with Gasteiger partial charge in [-0.25, -0.2) is 0 Å². The molecule has 2 N–H and O–H groups in total. The van der Waals surface area contributed by atoms with Gasteiger partial charge in [0.25, 0.3) is 0 Å². The van der Waals surface area contributed by atoms with Crippen LogP contribution in [0.2, 0.25) is 0 Å². The maximum Gasteiger partial charge on any atom is 0.170 e. The van der Waals surface area contributed by atoms with Gasteiger partial charge in [-0.15, -0.1) is 5.10 Å². The Kier molecular flexibility index (Phi) is 3.75. The van der Waals surface area contributed by atoms with E-state index in [-0.39, 0.29) is 0 Å². The summed E-state index contributed by atoms with van der Waals surface area (Å²) in [4.78, 5) is 0. The standard InChI is InChI=1S/C14H19N5O/c20-14(8-4-5-9-14)11-15-10-13-16-17-18-19(13)12-6-2-1-3-7-12/h1-3,6-7,15,20H,4-5,8-11H2. The van der Waals surface area contributed by atoms with E-state index in [1.807, 2.05) is 30.3 Å². The van der Waals surface area contributed by atoms with Gasteiger partial charge >= 0.3 is 0 Å². The number of hydrogen-bond donors (Lipinski definition) is 2. The predicted molar refractivity (Wildman–Crippen MR) is 74.3 cm³/mol. The van der Waals surface area contributed by atoms with Gasteiger partial charge in [-0.05, 0) is 35.4 Å². The van der Waals surface area contributed by atoms with Crippen LogP contribution in [0.15, 0.2) is 30.3 Å². The summed E-state index contributed by atoms with van der Waals surface area (Å²) in [5.41, 5.74) is 0.388. The fourth-order valence-electron chi connectivity index (χ4n) is 2.70. The van der Waals surface area contributed by atoms with Crippen LogP contribution >= 0.6 is 0 Å². The third kappa shape index (κ3) is 2.86. The van der Waals surface area contributed by atoms with Crippen molar-refractivity contribution in [2.45, 2.75) is 37.8 Å². The maximum absolute atomic E-state index is 10.3. The minimum absolute atomic E-state index is 0.546. The molecule has 1 saturated carbocycles. The zero-order valence-corrected chi connectivity index (χ0v) is 11.4. The average Bonchev–Trinajstić information content (AvgIpc) is 3.10. The van der Waals surface area contributed by atoms with Crippen molar-refractivity contribution in [1.82, 2.24) is 25.5 Å². The fourth-order valence-corrected chi connectivity index (χ4v) is 2.70. The van der Waals surface area contributed by atoms with Gasteiger partial charge in [0.15, 0.2) is 5.82 Å². The van der Waals surface area contributed by atoms with E-state index in [1.54, 1.807) is 4.68 Å². The van der Waals surface area contributed by atoms with Crippen molar-refractivity contribution in [3.8, 4) is 5.69 Å². The zero-order chi connectivity index (χ0) is 13.8. The fraction of sp³-hybridized carbons (Fsp3) is 0.500. The quantitative estimate of drug-likeness (QED) is 0.852. The van der Waals surface area contributed by atoms with E-state index < -0.39 is 5.60 Å². The van der Waals surface area contributed by atoms with E-state index in [0.717, 1.165) is 37.2 Å². The number of hydrogen-bond acceptors (Lipinski definition) is 5. The highest BCUT2D eigenvalue weighted by molar-refractivity contribution is 5.30. The second kappa shape index (κ2) is 5.68. The monoisotopic (exact) mass is 273 g/mol. The number of nitrogens with one attached hydrogen (secondary N) is 1. The molecule has 1 heterocycles. The summed E-state index contributed by atoms with van der Waals surface area (Å²) in [5.74, 6) is 0.748. The molecule has 1 aliphatic carbocycles. The summed E-state index contributed by atoms with van der Waals surface area (Å²) >= 11 is 0. The summed E-state index contributed by atoms with van der Waals surface area (Å²) in [6.07, 6.45) is 3.98. The molecule has 0 radical (unpaired) electrons. The number of aromatic nitrogens is 4. The molecule has 1 aromatic heterocycles. The highest BCUT2D eigenvalue weighted by atomic mass is 16.3. The lowest BCUT2D eigenvalue weighted by atomic mass is 10.0. The summed E-state index contributed by atoms with van der Waals surface area (Å²) < 4.78 is 1.71. The second-order valence-corrected chi connectivity index (χ2v) is 5.38. The van der Waals surface area contributed by atoms with E-state index in [9.17, 15) is 5.11 Å². The van der Waals surface area contributed by atoms with Crippen LogP contribution in [0.3, 0.4) is 0 Å². The Labute approximate surface area is 117 Å². The molecule has 0 saturated heterocycles. The molecule has 0 spiro atoms. The van der Waals surface area contributed by atoms with Crippen molar-refractivity contribution in [3.63, 3.8) is 0 Å². The molecule has 0 amide bonds. The van der Waals surface area contributed by atoms with Crippen LogP contribution in [0.4, 0.5) is 0 Å².